The average molecular weight is 520 g/mol. The number of benzene rings is 2. The fourth-order valence-corrected chi connectivity index (χ4v) is 5.03. The van der Waals surface area contributed by atoms with Gasteiger partial charge < -0.3 is 20.0 Å². The summed E-state index contributed by atoms with van der Waals surface area (Å²) in [6.07, 6.45) is 5.86. The number of hydrogen-bond donors (Lipinski definition) is 1. The third-order valence-corrected chi connectivity index (χ3v) is 7.19. The van der Waals surface area contributed by atoms with Crippen LogP contribution in [0.15, 0.2) is 60.7 Å². The summed E-state index contributed by atoms with van der Waals surface area (Å²) >= 11 is 0. The number of unbranched alkanes of at least 4 members (excludes halogenated alkanes) is 1. The predicted molar refractivity (Wildman–Crippen MR) is 144 cm³/mol. The number of hydrogen-bond acceptors (Lipinski definition) is 6. The second kappa shape index (κ2) is 11.9. The zero-order valence-electron chi connectivity index (χ0n) is 21.5. The van der Waals surface area contributed by atoms with E-state index >= 15 is 0 Å². The number of nitrogens with one attached hydrogen (secondary N) is 1. The van der Waals surface area contributed by atoms with Gasteiger partial charge in [0.15, 0.2) is 0 Å². The molecule has 0 aromatic heterocycles. The van der Waals surface area contributed by atoms with Gasteiger partial charge in [-0.15, -0.1) is 0 Å². The first-order valence-corrected chi connectivity index (χ1v) is 12.9. The summed E-state index contributed by atoms with van der Waals surface area (Å²) in [6, 6.07) is 15.7. The van der Waals surface area contributed by atoms with Gasteiger partial charge in [0.2, 0.25) is 11.8 Å². The highest BCUT2D eigenvalue weighted by molar-refractivity contribution is 5.97. The molecule has 3 amide bonds. The fraction of sp³-hybridized carbons (Fsp3) is 0.393. The number of nitrogens with zero attached hydrogens (tertiary/aromatic N) is 4. The molecular formula is C28H33N5O5. The Labute approximate surface area is 222 Å². The van der Waals surface area contributed by atoms with Crippen molar-refractivity contribution >= 4 is 35.2 Å². The van der Waals surface area contributed by atoms with Gasteiger partial charge in [0.1, 0.15) is 12.1 Å². The molecule has 2 heterocycles. The minimum atomic E-state index is -0.816. The van der Waals surface area contributed by atoms with E-state index in [-0.39, 0.29) is 30.0 Å². The number of nitro groups is 1. The van der Waals surface area contributed by atoms with E-state index in [0.717, 1.165) is 18.5 Å². The molecule has 2 aromatic carbocycles. The van der Waals surface area contributed by atoms with E-state index in [4.69, 9.17) is 0 Å². The summed E-state index contributed by atoms with van der Waals surface area (Å²) in [4.78, 5) is 54.9. The van der Waals surface area contributed by atoms with Gasteiger partial charge in [0.25, 0.3) is 11.6 Å². The number of carbonyl (C=O) groups excluding carboxylic acids is 3. The standard InChI is InChI=1S/C28H33N5O5/c1-2-3-17-29-25(34)20-31-21-32(23-7-5-4-6-8-23)28(27(31)36)15-18-30(19-16-28)26(35)14-11-22-9-12-24(13-10-22)33(37)38/h4-14H,2-3,15-21H2,1H3,(H,29,34)/b14-11+. The van der Waals surface area contributed by atoms with Crippen molar-refractivity contribution in [1.82, 2.24) is 15.1 Å². The van der Waals surface area contributed by atoms with Crippen molar-refractivity contribution in [3.05, 3.63) is 76.4 Å². The van der Waals surface area contributed by atoms with Crippen molar-refractivity contribution in [3.8, 4) is 0 Å². The Balaban J connectivity index is 1.44. The maximum absolute atomic E-state index is 13.7. The van der Waals surface area contributed by atoms with Crippen molar-refractivity contribution in [3.63, 3.8) is 0 Å². The Morgan fingerprint density at radius 1 is 1.08 bits per heavy atom. The molecule has 2 aliphatic heterocycles. The number of anilines is 1. The van der Waals surface area contributed by atoms with E-state index in [9.17, 15) is 24.5 Å². The van der Waals surface area contributed by atoms with E-state index in [1.54, 1.807) is 28.0 Å². The number of non-ortho nitro benzene ring substituents is 1. The van der Waals surface area contributed by atoms with Crippen LogP contribution < -0.4 is 10.2 Å². The lowest BCUT2D eigenvalue weighted by Gasteiger charge is -2.43. The van der Waals surface area contributed by atoms with Crippen LogP contribution in [0.2, 0.25) is 0 Å². The number of amides is 3. The SMILES string of the molecule is CCCCNC(=O)CN1CN(c2ccccc2)C2(CCN(C(=O)/C=C/c3ccc([N+](=O)[O-])cc3)CC2)C1=O. The van der Waals surface area contributed by atoms with Gasteiger partial charge >= 0.3 is 0 Å². The molecule has 0 bridgehead atoms. The van der Waals surface area contributed by atoms with Crippen LogP contribution in [0.3, 0.4) is 0 Å². The highest BCUT2D eigenvalue weighted by atomic mass is 16.6. The van der Waals surface area contributed by atoms with Crippen LogP contribution in [0.1, 0.15) is 38.2 Å². The number of carbonyl (C=O) groups is 3. The molecule has 1 spiro atoms. The van der Waals surface area contributed by atoms with Crippen molar-refractivity contribution in [2.24, 2.45) is 0 Å². The normalized spacial score (nSPS) is 16.9. The number of piperidine rings is 1. The lowest BCUT2D eigenvalue weighted by atomic mass is 9.85. The summed E-state index contributed by atoms with van der Waals surface area (Å²) in [5.41, 5.74) is 0.773. The highest BCUT2D eigenvalue weighted by Crippen LogP contribution is 2.39. The molecule has 1 N–H and O–H groups in total. The summed E-state index contributed by atoms with van der Waals surface area (Å²) in [6.45, 7) is 3.77. The van der Waals surface area contributed by atoms with E-state index in [1.165, 1.54) is 18.2 Å². The van der Waals surface area contributed by atoms with Gasteiger partial charge in [0, 0.05) is 43.5 Å². The van der Waals surface area contributed by atoms with Crippen LogP contribution in [0, 0.1) is 10.1 Å². The molecular weight excluding hydrogens is 486 g/mol. The summed E-state index contributed by atoms with van der Waals surface area (Å²) in [5, 5.41) is 13.7. The molecule has 0 radical (unpaired) electrons. The summed E-state index contributed by atoms with van der Waals surface area (Å²) in [5.74, 6) is -0.427. The van der Waals surface area contributed by atoms with Crippen LogP contribution in [0.5, 0.6) is 0 Å². The Bertz CT molecular complexity index is 1190. The van der Waals surface area contributed by atoms with Crippen LogP contribution in [-0.2, 0) is 14.4 Å². The second-order valence-electron chi connectivity index (χ2n) is 9.65. The molecule has 0 unspecified atom stereocenters. The van der Waals surface area contributed by atoms with Crippen molar-refractivity contribution < 1.29 is 19.3 Å². The van der Waals surface area contributed by atoms with Gasteiger partial charge in [-0.1, -0.05) is 31.5 Å². The van der Waals surface area contributed by atoms with Crippen LogP contribution in [-0.4, -0.2) is 70.8 Å². The topological polar surface area (TPSA) is 116 Å². The lowest BCUT2D eigenvalue weighted by molar-refractivity contribution is -0.384. The summed E-state index contributed by atoms with van der Waals surface area (Å²) in [7, 11) is 0. The van der Waals surface area contributed by atoms with E-state index in [1.807, 2.05) is 30.3 Å². The van der Waals surface area contributed by atoms with Crippen molar-refractivity contribution in [1.29, 1.82) is 0 Å². The third kappa shape index (κ3) is 5.85. The molecule has 2 saturated heterocycles. The monoisotopic (exact) mass is 519 g/mol. The average Bonchev–Trinajstić information content (AvgIpc) is 3.19. The molecule has 38 heavy (non-hydrogen) atoms. The van der Waals surface area contributed by atoms with Gasteiger partial charge in [0.05, 0.1) is 11.6 Å². The van der Waals surface area contributed by atoms with Gasteiger partial charge in [-0.05, 0) is 55.2 Å². The van der Waals surface area contributed by atoms with Crippen LogP contribution >= 0.6 is 0 Å². The molecule has 10 heteroatoms. The molecule has 2 aromatic rings. The van der Waals surface area contributed by atoms with Crippen LogP contribution in [0.4, 0.5) is 11.4 Å². The van der Waals surface area contributed by atoms with Crippen molar-refractivity contribution in [2.75, 3.05) is 37.7 Å². The molecule has 0 atom stereocenters. The zero-order valence-corrected chi connectivity index (χ0v) is 21.5. The van der Waals surface area contributed by atoms with E-state index < -0.39 is 10.5 Å². The molecule has 200 valence electrons. The third-order valence-electron chi connectivity index (χ3n) is 7.19. The number of likely N-dealkylation sites (tertiary alicyclic amines) is 1. The van der Waals surface area contributed by atoms with Gasteiger partial charge in [-0.25, -0.2) is 0 Å². The molecule has 10 nitrogen and oxygen atoms in total. The molecule has 2 aliphatic rings. The number of rotatable bonds is 9. The lowest BCUT2D eigenvalue weighted by Crippen LogP contribution is -2.57. The largest absolute Gasteiger partial charge is 0.355 e. The zero-order chi connectivity index (χ0) is 27.1. The Morgan fingerprint density at radius 3 is 2.39 bits per heavy atom. The second-order valence-corrected chi connectivity index (χ2v) is 9.65. The minimum absolute atomic E-state index is 0.00788. The molecule has 0 aliphatic carbocycles. The predicted octanol–water partition coefficient (Wildman–Crippen LogP) is 3.19. The molecule has 2 fully saturated rings. The maximum atomic E-state index is 13.7. The van der Waals surface area contributed by atoms with Crippen LogP contribution in [0.25, 0.3) is 6.08 Å². The number of para-hydroxylation sites is 1. The Kier molecular flexibility index (Phi) is 8.40. The summed E-state index contributed by atoms with van der Waals surface area (Å²) < 4.78 is 0. The first-order valence-electron chi connectivity index (χ1n) is 12.9. The van der Waals surface area contributed by atoms with Gasteiger partial charge in [-0.3, -0.25) is 24.5 Å². The fourth-order valence-electron chi connectivity index (χ4n) is 5.03. The molecule has 0 saturated carbocycles. The quantitative estimate of drug-likeness (QED) is 0.235. The van der Waals surface area contributed by atoms with E-state index in [2.05, 4.69) is 17.1 Å². The first-order chi connectivity index (χ1) is 18.3. The van der Waals surface area contributed by atoms with E-state index in [0.29, 0.717) is 44.7 Å². The Hall–Kier alpha value is -4.21. The Morgan fingerprint density at radius 2 is 1.76 bits per heavy atom. The minimum Gasteiger partial charge on any atom is -0.355 e. The smallest absolute Gasteiger partial charge is 0.269 e. The molecule has 4 rings (SSSR count). The maximum Gasteiger partial charge on any atom is 0.269 e. The van der Waals surface area contributed by atoms with Gasteiger partial charge in [-0.2, -0.15) is 0 Å². The first kappa shape index (κ1) is 26.8. The number of nitro benzene ring substituents is 1. The van der Waals surface area contributed by atoms with Crippen molar-refractivity contribution in [2.45, 2.75) is 38.1 Å². The highest BCUT2D eigenvalue weighted by Gasteiger charge is 2.54.